The van der Waals surface area contributed by atoms with E-state index in [2.05, 4.69) is 19.9 Å². The van der Waals surface area contributed by atoms with E-state index in [9.17, 15) is 8.42 Å². The Balaban J connectivity index is 1.33. The Morgan fingerprint density at radius 1 is 0.882 bits per heavy atom. The van der Waals surface area contributed by atoms with Gasteiger partial charge in [-0.15, -0.1) is 0 Å². The van der Waals surface area contributed by atoms with Gasteiger partial charge in [0, 0.05) is 50.4 Å². The Hall–Kier alpha value is -3.18. The molecule has 0 radical (unpaired) electrons. The first kappa shape index (κ1) is 22.6. The van der Waals surface area contributed by atoms with Crippen LogP contribution in [0.1, 0.15) is 23.6 Å². The molecule has 5 rings (SSSR count). The highest BCUT2D eigenvalue weighted by atomic mass is 32.2. The standard InChI is InChI=1S/C23H28N6O4S/c1-16-17(2)29(15-24-16)23-14-22(25-18(3)26-23)27-7-9-28(10-8-27)34(30,31)19-5-6-20-21(13-19)33-12-4-11-32-20/h5-6,13-15H,4,7-12H2,1-3H3. The first-order chi connectivity index (χ1) is 16.3. The van der Waals surface area contributed by atoms with Crippen molar-refractivity contribution in [3.63, 3.8) is 0 Å². The van der Waals surface area contributed by atoms with Gasteiger partial charge >= 0.3 is 0 Å². The van der Waals surface area contributed by atoms with Crippen LogP contribution in [0.2, 0.25) is 0 Å². The number of ether oxygens (including phenoxy) is 2. The average molecular weight is 485 g/mol. The molecule has 0 saturated carbocycles. The van der Waals surface area contributed by atoms with Gasteiger partial charge < -0.3 is 14.4 Å². The number of rotatable bonds is 4. The number of fused-ring (bicyclic) bond motifs is 1. The molecule has 0 amide bonds. The lowest BCUT2D eigenvalue weighted by atomic mass is 10.3. The van der Waals surface area contributed by atoms with E-state index < -0.39 is 10.0 Å². The monoisotopic (exact) mass is 484 g/mol. The summed E-state index contributed by atoms with van der Waals surface area (Å²) in [5, 5.41) is 0. The van der Waals surface area contributed by atoms with Crippen LogP contribution in [0.5, 0.6) is 11.5 Å². The number of aryl methyl sites for hydroxylation is 2. The predicted octanol–water partition coefficient (Wildman–Crippen LogP) is 2.26. The number of nitrogens with zero attached hydrogens (tertiary/aromatic N) is 6. The van der Waals surface area contributed by atoms with E-state index in [0.29, 0.717) is 56.7 Å². The topological polar surface area (TPSA) is 103 Å². The van der Waals surface area contributed by atoms with Crippen molar-refractivity contribution < 1.29 is 17.9 Å². The van der Waals surface area contributed by atoms with Crippen LogP contribution in [0.25, 0.3) is 5.82 Å². The largest absolute Gasteiger partial charge is 0.490 e. The third-order valence-electron chi connectivity index (χ3n) is 6.23. The van der Waals surface area contributed by atoms with Crippen LogP contribution < -0.4 is 14.4 Å². The molecule has 0 aliphatic carbocycles. The van der Waals surface area contributed by atoms with Crippen molar-refractivity contribution in [3.8, 4) is 17.3 Å². The minimum Gasteiger partial charge on any atom is -0.490 e. The smallest absolute Gasteiger partial charge is 0.243 e. The zero-order valence-electron chi connectivity index (χ0n) is 19.6. The van der Waals surface area contributed by atoms with Crippen molar-refractivity contribution in [2.75, 3.05) is 44.3 Å². The molecular weight excluding hydrogens is 456 g/mol. The van der Waals surface area contributed by atoms with Crippen molar-refractivity contribution in [1.82, 2.24) is 23.8 Å². The Labute approximate surface area is 199 Å². The lowest BCUT2D eigenvalue weighted by Gasteiger charge is -2.35. The number of piperazine rings is 1. The van der Waals surface area contributed by atoms with Crippen LogP contribution in [0.4, 0.5) is 5.82 Å². The van der Waals surface area contributed by atoms with Crippen LogP contribution in [-0.4, -0.2) is 71.6 Å². The van der Waals surface area contributed by atoms with Gasteiger partial charge in [-0.1, -0.05) is 0 Å². The van der Waals surface area contributed by atoms with Crippen LogP contribution in [0.3, 0.4) is 0 Å². The minimum absolute atomic E-state index is 0.219. The summed E-state index contributed by atoms with van der Waals surface area (Å²) in [6, 6.07) is 6.76. The van der Waals surface area contributed by atoms with E-state index in [1.54, 1.807) is 24.5 Å². The van der Waals surface area contributed by atoms with E-state index in [1.165, 1.54) is 4.31 Å². The molecule has 34 heavy (non-hydrogen) atoms. The van der Waals surface area contributed by atoms with Crippen molar-refractivity contribution in [2.24, 2.45) is 0 Å². The van der Waals surface area contributed by atoms with Crippen LogP contribution in [0.15, 0.2) is 35.5 Å². The number of hydrogen-bond acceptors (Lipinski definition) is 8. The summed E-state index contributed by atoms with van der Waals surface area (Å²) in [4.78, 5) is 15.8. The van der Waals surface area contributed by atoms with Gasteiger partial charge in [0.05, 0.1) is 23.8 Å². The van der Waals surface area contributed by atoms with Crippen LogP contribution >= 0.6 is 0 Å². The average Bonchev–Trinajstić information content (AvgIpc) is 3.02. The third-order valence-corrected chi connectivity index (χ3v) is 8.12. The van der Waals surface area contributed by atoms with E-state index in [0.717, 1.165) is 29.4 Å². The fourth-order valence-electron chi connectivity index (χ4n) is 4.16. The van der Waals surface area contributed by atoms with E-state index in [1.807, 2.05) is 31.4 Å². The highest BCUT2D eigenvalue weighted by Gasteiger charge is 2.30. The number of benzene rings is 1. The Bertz CT molecular complexity index is 1310. The molecule has 180 valence electrons. The predicted molar refractivity (Wildman–Crippen MR) is 126 cm³/mol. The van der Waals surface area contributed by atoms with Gasteiger partial charge in [-0.2, -0.15) is 4.31 Å². The van der Waals surface area contributed by atoms with E-state index in [-0.39, 0.29) is 4.90 Å². The second-order valence-corrected chi connectivity index (χ2v) is 10.4. The second-order valence-electron chi connectivity index (χ2n) is 8.47. The molecule has 3 aromatic rings. The quantitative estimate of drug-likeness (QED) is 0.556. The molecule has 2 aromatic heterocycles. The number of imidazole rings is 1. The van der Waals surface area contributed by atoms with Gasteiger partial charge in [-0.05, 0) is 32.9 Å². The molecule has 0 unspecified atom stereocenters. The van der Waals surface area contributed by atoms with Gasteiger partial charge in [-0.25, -0.2) is 23.4 Å². The molecule has 1 saturated heterocycles. The van der Waals surface area contributed by atoms with Gasteiger partial charge in [0.1, 0.15) is 23.8 Å². The fourth-order valence-corrected chi connectivity index (χ4v) is 5.60. The highest BCUT2D eigenvalue weighted by Crippen LogP contribution is 2.33. The van der Waals surface area contributed by atoms with Gasteiger partial charge in [0.15, 0.2) is 11.5 Å². The van der Waals surface area contributed by atoms with Gasteiger partial charge in [0.2, 0.25) is 10.0 Å². The summed E-state index contributed by atoms with van der Waals surface area (Å²) in [5.74, 6) is 3.25. The second kappa shape index (κ2) is 8.88. The Morgan fingerprint density at radius 3 is 2.29 bits per heavy atom. The van der Waals surface area contributed by atoms with Gasteiger partial charge in [-0.3, -0.25) is 4.57 Å². The normalized spacial score (nSPS) is 17.0. The molecule has 11 heteroatoms. The molecule has 0 spiro atoms. The maximum Gasteiger partial charge on any atom is 0.243 e. The molecule has 4 heterocycles. The van der Waals surface area contributed by atoms with E-state index >= 15 is 0 Å². The Morgan fingerprint density at radius 2 is 1.59 bits per heavy atom. The van der Waals surface area contributed by atoms with Gasteiger partial charge in [0.25, 0.3) is 0 Å². The zero-order chi connectivity index (χ0) is 23.9. The number of anilines is 1. The number of hydrogen-bond donors (Lipinski definition) is 0. The van der Waals surface area contributed by atoms with Crippen molar-refractivity contribution in [2.45, 2.75) is 32.1 Å². The van der Waals surface area contributed by atoms with Crippen LogP contribution in [0, 0.1) is 20.8 Å². The maximum atomic E-state index is 13.3. The van der Waals surface area contributed by atoms with Crippen LogP contribution in [-0.2, 0) is 10.0 Å². The maximum absolute atomic E-state index is 13.3. The molecule has 0 N–H and O–H groups in total. The lowest BCUT2D eigenvalue weighted by Crippen LogP contribution is -2.49. The molecule has 1 aromatic carbocycles. The molecule has 0 bridgehead atoms. The summed E-state index contributed by atoms with van der Waals surface area (Å²) in [6.07, 6.45) is 2.53. The summed E-state index contributed by atoms with van der Waals surface area (Å²) >= 11 is 0. The summed E-state index contributed by atoms with van der Waals surface area (Å²) in [5.41, 5.74) is 1.97. The lowest BCUT2D eigenvalue weighted by molar-refractivity contribution is 0.296. The molecule has 2 aliphatic rings. The van der Waals surface area contributed by atoms with Crippen molar-refractivity contribution in [3.05, 3.63) is 47.8 Å². The number of aromatic nitrogens is 4. The molecule has 2 aliphatic heterocycles. The third kappa shape index (κ3) is 4.21. The fraction of sp³-hybridized carbons (Fsp3) is 0.435. The highest BCUT2D eigenvalue weighted by molar-refractivity contribution is 7.89. The first-order valence-corrected chi connectivity index (χ1v) is 12.8. The summed E-state index contributed by atoms with van der Waals surface area (Å²) < 4.78 is 41.4. The van der Waals surface area contributed by atoms with Crippen molar-refractivity contribution >= 4 is 15.8 Å². The molecule has 10 nitrogen and oxygen atoms in total. The summed E-state index contributed by atoms with van der Waals surface area (Å²) in [6.45, 7) is 8.67. The van der Waals surface area contributed by atoms with E-state index in [4.69, 9.17) is 9.47 Å². The summed E-state index contributed by atoms with van der Waals surface area (Å²) in [7, 11) is -3.65. The molecule has 1 fully saturated rings. The van der Waals surface area contributed by atoms with Crippen molar-refractivity contribution in [1.29, 1.82) is 0 Å². The number of sulfonamides is 1. The molecular formula is C23H28N6O4S. The SMILES string of the molecule is Cc1nc(N2CCN(S(=O)(=O)c3ccc4c(c3)OCCCO4)CC2)cc(-n2cnc(C)c2C)n1. The first-order valence-electron chi connectivity index (χ1n) is 11.3. The Kier molecular flexibility index (Phi) is 5.90. The zero-order valence-corrected chi connectivity index (χ0v) is 20.4. The minimum atomic E-state index is -3.65. The molecule has 0 atom stereocenters.